The minimum absolute atomic E-state index is 0.0462. The second-order valence-corrected chi connectivity index (χ2v) is 9.59. The Bertz CT molecular complexity index is 1080. The van der Waals surface area contributed by atoms with Crippen LogP contribution in [0.25, 0.3) is 0 Å². The molecule has 1 aromatic rings. The van der Waals surface area contributed by atoms with E-state index in [4.69, 9.17) is 11.5 Å². The topological polar surface area (TPSA) is 243 Å². The van der Waals surface area contributed by atoms with Crippen molar-refractivity contribution in [1.82, 2.24) is 21.3 Å². The minimum Gasteiger partial charge on any atom is -0.480 e. The summed E-state index contributed by atoms with van der Waals surface area (Å²) in [6.45, 7) is 2.55. The molecule has 14 nitrogen and oxygen atoms in total. The molecule has 0 radical (unpaired) electrons. The molecule has 1 fully saturated rings. The number of nitrogens with two attached hydrogens (primary N) is 2. The van der Waals surface area contributed by atoms with Crippen LogP contribution in [-0.2, 0) is 35.2 Å². The van der Waals surface area contributed by atoms with E-state index >= 15 is 0 Å². The van der Waals surface area contributed by atoms with Crippen LogP contribution < -0.4 is 32.7 Å². The van der Waals surface area contributed by atoms with E-state index in [0.717, 1.165) is 11.8 Å². The number of carboxylic acid groups (broad SMARTS) is 1. The standard InChI is InChI=1S/C23H30N6O8S/c1-11-19(32)28-15(8-17(25)31)21(34)27-14(7-12-5-3-2-4-6-12)18(23(36)37)38-10-13(24)20(33)29-16(9-30)22(35)26-11/h2-6,13-16,18,30H,1,7-10,24H2,(H2,25,31)(H,26,35)(H,27,34)(H,28,32)(H,29,33)(H,36,37)/t13-,14+,15?,16?,18?/m0/s1. The van der Waals surface area contributed by atoms with E-state index in [0.29, 0.717) is 5.56 Å². The summed E-state index contributed by atoms with van der Waals surface area (Å²) >= 11 is 0.776. The van der Waals surface area contributed by atoms with Crippen LogP contribution in [0.3, 0.4) is 0 Å². The lowest BCUT2D eigenvalue weighted by Gasteiger charge is -2.28. The predicted octanol–water partition coefficient (Wildman–Crippen LogP) is -3.29. The largest absolute Gasteiger partial charge is 0.480 e. The highest BCUT2D eigenvalue weighted by Gasteiger charge is 2.35. The van der Waals surface area contributed by atoms with E-state index in [-0.39, 0.29) is 12.2 Å². The van der Waals surface area contributed by atoms with Gasteiger partial charge in [0.1, 0.15) is 17.3 Å². The SMILES string of the molecule is C=C1NC(=O)C(CO)NC(=O)[C@@H](N)CSC(C(=O)O)[C@@H](Cc2ccccc2)NC(=O)C(CC(N)=O)NC1=O. The molecule has 10 N–H and O–H groups in total. The van der Waals surface area contributed by atoms with Crippen LogP contribution in [0.15, 0.2) is 42.6 Å². The molecule has 38 heavy (non-hydrogen) atoms. The number of aliphatic hydroxyl groups is 1. The molecule has 15 heteroatoms. The van der Waals surface area contributed by atoms with E-state index in [9.17, 15) is 39.0 Å². The Morgan fingerprint density at radius 3 is 2.24 bits per heavy atom. The van der Waals surface area contributed by atoms with Gasteiger partial charge in [-0.15, -0.1) is 11.8 Å². The lowest BCUT2D eigenvalue weighted by molar-refractivity contribution is -0.137. The Kier molecular flexibility index (Phi) is 11.2. The molecule has 0 bridgehead atoms. The highest BCUT2D eigenvalue weighted by molar-refractivity contribution is 8.00. The van der Waals surface area contributed by atoms with Crippen LogP contribution in [0.4, 0.5) is 0 Å². The number of aliphatic hydroxyl groups excluding tert-OH is 1. The zero-order chi connectivity index (χ0) is 28.4. The van der Waals surface area contributed by atoms with Gasteiger partial charge in [-0.05, 0) is 12.0 Å². The molecule has 206 valence electrons. The Hall–Kier alpha value is -3.95. The number of carbonyl (C=O) groups is 6. The molecule has 0 aromatic heterocycles. The first-order valence-electron chi connectivity index (χ1n) is 11.4. The van der Waals surface area contributed by atoms with Gasteiger partial charge in [-0.25, -0.2) is 0 Å². The highest BCUT2D eigenvalue weighted by Crippen LogP contribution is 2.20. The number of thioether (sulfide) groups is 1. The maximum absolute atomic E-state index is 13.2. The fraction of sp³-hybridized carbons (Fsp3) is 0.391. The van der Waals surface area contributed by atoms with Crippen molar-refractivity contribution in [2.75, 3.05) is 12.4 Å². The molecule has 5 amide bonds. The Labute approximate surface area is 221 Å². The van der Waals surface area contributed by atoms with Crippen molar-refractivity contribution < 1.29 is 39.0 Å². The molecule has 1 heterocycles. The molecule has 5 atom stereocenters. The summed E-state index contributed by atoms with van der Waals surface area (Å²) in [5.74, 6) is -6.31. The van der Waals surface area contributed by atoms with Crippen molar-refractivity contribution in [2.24, 2.45) is 11.5 Å². The van der Waals surface area contributed by atoms with E-state index in [1.807, 2.05) is 0 Å². The average Bonchev–Trinajstić information content (AvgIpc) is 2.85. The van der Waals surface area contributed by atoms with Crippen LogP contribution >= 0.6 is 11.8 Å². The van der Waals surface area contributed by atoms with Crippen molar-refractivity contribution in [2.45, 2.75) is 42.3 Å². The molecule has 3 unspecified atom stereocenters. The van der Waals surface area contributed by atoms with Crippen molar-refractivity contribution >= 4 is 47.3 Å². The molecule has 1 saturated heterocycles. The zero-order valence-corrected chi connectivity index (χ0v) is 21.0. The normalized spacial score (nSPS) is 25.9. The number of aliphatic carboxylic acids is 1. The smallest absolute Gasteiger partial charge is 0.318 e. The summed E-state index contributed by atoms with van der Waals surface area (Å²) in [5.41, 5.74) is 11.3. The van der Waals surface area contributed by atoms with Crippen LogP contribution in [-0.4, -0.2) is 87.5 Å². The number of benzene rings is 1. The van der Waals surface area contributed by atoms with Crippen LogP contribution in [0.5, 0.6) is 0 Å². The quantitative estimate of drug-likeness (QED) is 0.164. The van der Waals surface area contributed by atoms with Crippen LogP contribution in [0.2, 0.25) is 0 Å². The van der Waals surface area contributed by atoms with Crippen molar-refractivity contribution in [3.8, 4) is 0 Å². The number of nitrogens with one attached hydrogen (secondary N) is 4. The van der Waals surface area contributed by atoms with Gasteiger partial charge >= 0.3 is 5.97 Å². The Morgan fingerprint density at radius 1 is 1.00 bits per heavy atom. The second kappa shape index (κ2) is 14.1. The van der Waals surface area contributed by atoms with E-state index < -0.39 is 83.6 Å². The molecular weight excluding hydrogens is 520 g/mol. The first kappa shape index (κ1) is 30.3. The van der Waals surface area contributed by atoms with Gasteiger partial charge in [0.25, 0.3) is 5.91 Å². The first-order chi connectivity index (χ1) is 17.9. The molecule has 1 aliphatic rings. The summed E-state index contributed by atoms with van der Waals surface area (Å²) in [4.78, 5) is 74.6. The molecule has 2 rings (SSSR count). The molecule has 1 aliphatic heterocycles. The van der Waals surface area contributed by atoms with Crippen LogP contribution in [0, 0.1) is 0 Å². The van der Waals surface area contributed by atoms with E-state index in [1.54, 1.807) is 30.3 Å². The third-order valence-corrected chi connectivity index (χ3v) is 6.86. The summed E-state index contributed by atoms with van der Waals surface area (Å²) in [7, 11) is 0. The van der Waals surface area contributed by atoms with Crippen molar-refractivity contribution in [3.05, 3.63) is 48.2 Å². The molecule has 0 saturated carbocycles. The number of rotatable bonds is 6. The average molecular weight is 551 g/mol. The molecule has 0 spiro atoms. The maximum atomic E-state index is 13.2. The maximum Gasteiger partial charge on any atom is 0.318 e. The summed E-state index contributed by atoms with van der Waals surface area (Å²) in [6, 6.07) is 3.24. The lowest BCUT2D eigenvalue weighted by atomic mass is 10.0. The summed E-state index contributed by atoms with van der Waals surface area (Å²) in [5, 5.41) is 27.3. The van der Waals surface area contributed by atoms with Gasteiger partial charge in [-0.1, -0.05) is 36.9 Å². The third-order valence-electron chi connectivity index (χ3n) is 5.42. The number of primary amides is 1. The fourth-order valence-electron chi connectivity index (χ4n) is 3.45. The van der Waals surface area contributed by atoms with Crippen molar-refractivity contribution in [3.63, 3.8) is 0 Å². The molecule has 1 aromatic carbocycles. The molecular formula is C23H30N6O8S. The minimum atomic E-state index is -1.53. The van der Waals surface area contributed by atoms with Crippen molar-refractivity contribution in [1.29, 1.82) is 0 Å². The monoisotopic (exact) mass is 550 g/mol. The zero-order valence-electron chi connectivity index (χ0n) is 20.2. The predicted molar refractivity (Wildman–Crippen MR) is 136 cm³/mol. The van der Waals surface area contributed by atoms with Gasteiger partial charge in [-0.2, -0.15) is 0 Å². The van der Waals surface area contributed by atoms with Gasteiger partial charge in [0.2, 0.25) is 23.6 Å². The van der Waals surface area contributed by atoms with Gasteiger partial charge in [0, 0.05) is 5.75 Å². The number of carbonyl (C=O) groups excluding carboxylic acids is 5. The summed E-state index contributed by atoms with van der Waals surface area (Å²) < 4.78 is 0. The Balaban J connectivity index is 2.47. The van der Waals surface area contributed by atoms with Crippen LogP contribution in [0.1, 0.15) is 12.0 Å². The van der Waals surface area contributed by atoms with E-state index in [1.165, 1.54) is 0 Å². The number of hydrogen-bond acceptors (Lipinski definition) is 9. The second-order valence-electron chi connectivity index (χ2n) is 8.41. The van der Waals surface area contributed by atoms with Gasteiger partial charge in [-0.3, -0.25) is 28.8 Å². The Morgan fingerprint density at radius 2 is 1.66 bits per heavy atom. The number of carboxylic acids is 1. The fourth-order valence-corrected chi connectivity index (χ4v) is 4.55. The first-order valence-corrected chi connectivity index (χ1v) is 12.4. The number of hydrogen-bond donors (Lipinski definition) is 8. The van der Waals surface area contributed by atoms with Gasteiger partial charge in [0.05, 0.1) is 30.8 Å². The van der Waals surface area contributed by atoms with Gasteiger partial charge < -0.3 is 42.9 Å². The lowest BCUT2D eigenvalue weighted by Crippen LogP contribution is -2.57. The summed E-state index contributed by atoms with van der Waals surface area (Å²) in [6.07, 6.45) is -0.591. The third kappa shape index (κ3) is 8.86. The van der Waals surface area contributed by atoms with Gasteiger partial charge in [0.15, 0.2) is 0 Å². The van der Waals surface area contributed by atoms with E-state index in [2.05, 4.69) is 27.8 Å². The highest BCUT2D eigenvalue weighted by atomic mass is 32.2. The molecule has 0 aliphatic carbocycles. The number of amides is 5.